The summed E-state index contributed by atoms with van der Waals surface area (Å²) in [6.07, 6.45) is 3.73. The first-order valence-electron chi connectivity index (χ1n) is 11.4. The Labute approximate surface area is 190 Å². The van der Waals surface area contributed by atoms with E-state index in [1.54, 1.807) is 6.07 Å². The minimum absolute atomic E-state index is 0.111. The summed E-state index contributed by atoms with van der Waals surface area (Å²) in [6, 6.07) is 7.55. The van der Waals surface area contributed by atoms with Crippen molar-refractivity contribution in [3.05, 3.63) is 65.2 Å². The predicted octanol–water partition coefficient (Wildman–Crippen LogP) is 5.47. The zero-order valence-electron chi connectivity index (χ0n) is 18.4. The number of amides is 1. The molecule has 1 aliphatic heterocycles. The van der Waals surface area contributed by atoms with Gasteiger partial charge in [0, 0.05) is 31.0 Å². The van der Waals surface area contributed by atoms with Crippen molar-refractivity contribution in [3.8, 4) is 0 Å². The summed E-state index contributed by atoms with van der Waals surface area (Å²) < 4.78 is 43.0. The lowest BCUT2D eigenvalue weighted by Crippen LogP contribution is -2.37. The van der Waals surface area contributed by atoms with Crippen molar-refractivity contribution < 1.29 is 22.8 Å². The molecule has 0 radical (unpaired) electrons. The fourth-order valence-electron chi connectivity index (χ4n) is 5.24. The number of hydrogen-bond donors (Lipinski definition) is 0. The first-order chi connectivity index (χ1) is 15.9. The highest BCUT2D eigenvalue weighted by Gasteiger charge is 2.37. The second-order valence-electron chi connectivity index (χ2n) is 9.12. The van der Waals surface area contributed by atoms with Gasteiger partial charge in [-0.3, -0.25) is 9.63 Å². The standard InChI is InChI=1S/C25H26F3N3O2/c1-15-29-22-13-19(26)6-7-24(22)30(15)14-16-2-4-17(5-3-16)25(32)31-23(8-9-33-31)18-10-20(27)12-21(28)11-18/h6-7,10-13,16-17,23H,2-5,8-9,14H2,1H3/t16-,17-,23-/m0/s1. The van der Waals surface area contributed by atoms with Crippen molar-refractivity contribution >= 4 is 16.9 Å². The Bertz CT molecular complexity index is 1170. The third-order valence-electron chi connectivity index (χ3n) is 6.93. The van der Waals surface area contributed by atoms with E-state index < -0.39 is 17.7 Å². The minimum atomic E-state index is -0.658. The molecule has 8 heteroatoms. The quantitative estimate of drug-likeness (QED) is 0.522. The largest absolute Gasteiger partial charge is 0.328 e. The number of aromatic nitrogens is 2. The van der Waals surface area contributed by atoms with E-state index in [4.69, 9.17) is 4.84 Å². The third-order valence-corrected chi connectivity index (χ3v) is 6.93. The fourth-order valence-corrected chi connectivity index (χ4v) is 5.24. The summed E-state index contributed by atoms with van der Waals surface area (Å²) in [4.78, 5) is 23.3. The SMILES string of the molecule is Cc1nc2cc(F)ccc2n1C[C@H]1CC[C@H](C(=O)N2OCC[C@H]2c2cc(F)cc(F)c2)CC1. The number of hydroxylamine groups is 2. The molecule has 5 rings (SSSR count). The number of hydrogen-bond acceptors (Lipinski definition) is 3. The average Bonchev–Trinajstić information content (AvgIpc) is 3.38. The Morgan fingerprint density at radius 3 is 2.45 bits per heavy atom. The van der Waals surface area contributed by atoms with Crippen LogP contribution in [-0.4, -0.2) is 27.1 Å². The van der Waals surface area contributed by atoms with Crippen molar-refractivity contribution in [2.45, 2.75) is 51.6 Å². The van der Waals surface area contributed by atoms with Gasteiger partial charge in [0.2, 0.25) is 5.91 Å². The third kappa shape index (κ3) is 4.36. The zero-order valence-corrected chi connectivity index (χ0v) is 18.4. The molecule has 1 amide bonds. The Kier molecular flexibility index (Phi) is 5.86. The Balaban J connectivity index is 1.24. The van der Waals surface area contributed by atoms with Crippen LogP contribution in [0.15, 0.2) is 36.4 Å². The molecule has 2 aliphatic rings. The molecule has 0 unspecified atom stereocenters. The lowest BCUT2D eigenvalue weighted by Gasteiger charge is -2.32. The monoisotopic (exact) mass is 457 g/mol. The lowest BCUT2D eigenvalue weighted by atomic mass is 9.81. The molecule has 2 aromatic carbocycles. The molecule has 2 fully saturated rings. The van der Waals surface area contributed by atoms with Gasteiger partial charge in [-0.15, -0.1) is 0 Å². The van der Waals surface area contributed by atoms with Crippen LogP contribution in [0.4, 0.5) is 13.2 Å². The van der Waals surface area contributed by atoms with Gasteiger partial charge in [0.15, 0.2) is 0 Å². The number of halogens is 3. The summed E-state index contributed by atoms with van der Waals surface area (Å²) in [5.41, 5.74) is 2.00. The van der Waals surface area contributed by atoms with E-state index in [0.29, 0.717) is 30.0 Å². The van der Waals surface area contributed by atoms with E-state index in [1.807, 2.05) is 6.92 Å². The van der Waals surface area contributed by atoms with Crippen LogP contribution in [0, 0.1) is 36.2 Å². The van der Waals surface area contributed by atoms with Gasteiger partial charge in [0.1, 0.15) is 23.3 Å². The van der Waals surface area contributed by atoms with Crippen LogP contribution in [0.25, 0.3) is 11.0 Å². The van der Waals surface area contributed by atoms with Gasteiger partial charge in [0.25, 0.3) is 0 Å². The van der Waals surface area contributed by atoms with E-state index in [9.17, 15) is 18.0 Å². The van der Waals surface area contributed by atoms with Crippen LogP contribution < -0.4 is 0 Å². The van der Waals surface area contributed by atoms with Crippen molar-refractivity contribution in [2.75, 3.05) is 6.61 Å². The van der Waals surface area contributed by atoms with Crippen LogP contribution in [0.2, 0.25) is 0 Å². The van der Waals surface area contributed by atoms with Gasteiger partial charge in [0.05, 0.1) is 23.7 Å². The second kappa shape index (κ2) is 8.82. The lowest BCUT2D eigenvalue weighted by molar-refractivity contribution is -0.183. The van der Waals surface area contributed by atoms with Crippen molar-refractivity contribution in [1.82, 2.24) is 14.6 Å². The summed E-state index contributed by atoms with van der Waals surface area (Å²) in [6.45, 7) is 3.05. The van der Waals surface area contributed by atoms with Gasteiger partial charge in [-0.2, -0.15) is 0 Å². The molecule has 2 heterocycles. The molecule has 1 atom stereocenters. The molecule has 1 aliphatic carbocycles. The van der Waals surface area contributed by atoms with E-state index in [0.717, 1.165) is 49.6 Å². The molecule has 174 valence electrons. The van der Waals surface area contributed by atoms with Crippen molar-refractivity contribution in [3.63, 3.8) is 0 Å². The molecule has 0 N–H and O–H groups in total. The zero-order chi connectivity index (χ0) is 23.1. The molecular weight excluding hydrogens is 431 g/mol. The molecule has 33 heavy (non-hydrogen) atoms. The van der Waals surface area contributed by atoms with Crippen molar-refractivity contribution in [1.29, 1.82) is 0 Å². The number of rotatable bonds is 4. The van der Waals surface area contributed by atoms with E-state index in [1.165, 1.54) is 29.3 Å². The number of fused-ring (bicyclic) bond motifs is 1. The average molecular weight is 457 g/mol. The Morgan fingerprint density at radius 2 is 1.73 bits per heavy atom. The molecule has 0 bridgehead atoms. The number of carbonyl (C=O) groups excluding carboxylic acids is 1. The smallest absolute Gasteiger partial charge is 0.249 e. The normalized spacial score (nSPS) is 23.4. The summed E-state index contributed by atoms with van der Waals surface area (Å²) in [7, 11) is 0. The van der Waals surface area contributed by atoms with Crippen LogP contribution >= 0.6 is 0 Å². The maximum atomic E-state index is 13.7. The van der Waals surface area contributed by atoms with Gasteiger partial charge < -0.3 is 4.57 Å². The van der Waals surface area contributed by atoms with E-state index in [2.05, 4.69) is 9.55 Å². The molecule has 5 nitrogen and oxygen atoms in total. The minimum Gasteiger partial charge on any atom is -0.328 e. The van der Waals surface area contributed by atoms with E-state index >= 15 is 0 Å². The number of benzene rings is 2. The molecular formula is C25H26F3N3O2. The van der Waals surface area contributed by atoms with Crippen LogP contribution in [0.1, 0.15) is 49.5 Å². The Morgan fingerprint density at radius 1 is 1.00 bits per heavy atom. The molecule has 1 saturated carbocycles. The van der Waals surface area contributed by atoms with Crippen LogP contribution in [-0.2, 0) is 16.2 Å². The first-order valence-corrected chi connectivity index (χ1v) is 11.4. The number of nitrogens with zero attached hydrogens (tertiary/aromatic N) is 3. The molecule has 0 spiro atoms. The summed E-state index contributed by atoms with van der Waals surface area (Å²) in [5.74, 6) is -0.651. The Hall–Kier alpha value is -2.87. The first kappa shape index (κ1) is 21.9. The number of imidazole rings is 1. The maximum absolute atomic E-state index is 13.7. The van der Waals surface area contributed by atoms with Crippen molar-refractivity contribution in [2.24, 2.45) is 11.8 Å². The highest BCUT2D eigenvalue weighted by molar-refractivity contribution is 5.78. The molecule has 1 saturated heterocycles. The van der Waals surface area contributed by atoms with Gasteiger partial charge in [-0.25, -0.2) is 23.2 Å². The second-order valence-corrected chi connectivity index (χ2v) is 9.12. The van der Waals surface area contributed by atoms with E-state index in [-0.39, 0.29) is 17.6 Å². The van der Waals surface area contributed by atoms with Gasteiger partial charge in [-0.05, 0) is 68.4 Å². The predicted molar refractivity (Wildman–Crippen MR) is 116 cm³/mol. The molecule has 1 aromatic heterocycles. The molecule has 3 aromatic rings. The van der Waals surface area contributed by atoms with Crippen LogP contribution in [0.3, 0.4) is 0 Å². The topological polar surface area (TPSA) is 47.4 Å². The van der Waals surface area contributed by atoms with Crippen LogP contribution in [0.5, 0.6) is 0 Å². The summed E-state index contributed by atoms with van der Waals surface area (Å²) in [5, 5.41) is 1.33. The number of carbonyl (C=O) groups is 1. The van der Waals surface area contributed by atoms with Gasteiger partial charge in [-0.1, -0.05) is 0 Å². The number of aryl methyl sites for hydroxylation is 1. The highest BCUT2D eigenvalue weighted by atomic mass is 19.1. The maximum Gasteiger partial charge on any atom is 0.249 e. The van der Waals surface area contributed by atoms with Gasteiger partial charge >= 0.3 is 0 Å². The highest BCUT2D eigenvalue weighted by Crippen LogP contribution is 2.37. The fraction of sp³-hybridized carbons (Fsp3) is 0.440. The summed E-state index contributed by atoms with van der Waals surface area (Å²) >= 11 is 0.